The zero-order valence-electron chi connectivity index (χ0n) is 36.0. The van der Waals surface area contributed by atoms with Crippen molar-refractivity contribution < 1.29 is 52.4 Å². The van der Waals surface area contributed by atoms with Crippen LogP contribution in [0.25, 0.3) is 0 Å². The lowest BCUT2D eigenvalue weighted by molar-refractivity contribution is -0.185. The van der Waals surface area contributed by atoms with Crippen LogP contribution in [0, 0.1) is 28.6 Å². The number of ketones is 2. The molecule has 8 atom stereocenters. The Morgan fingerprint density at radius 1 is 0.950 bits per heavy atom. The van der Waals surface area contributed by atoms with Gasteiger partial charge in [0.2, 0.25) is 6.79 Å². The standard InChI is InChI=1S/C24H32O4.C21H21NO6.C3H4O/c1-14-12-18-19(22(4)9-6-17(27)13-21(14)22)7-10-23(5)20(18)8-11-24(23,15(2)25)28-16(3)26;1-22-7-6-11-8-15-16(27-10-26-15)9-13(11)18(22)19-12-4-5-14(24-2)20(25-3)17(12)21(23)28-19;1-2-3-4/h12-13,18-20H,6-11H2,1-5H3;4-5,8-9,18-19H,6-7,10H2,1-3H3;2-3H,1H2/t18-,19+,20+,22-,23+,24+;18-,19+;/m11./s1. The van der Waals surface area contributed by atoms with Crippen LogP contribution in [0.2, 0.25) is 0 Å². The molecule has 12 heteroatoms. The molecule has 0 bridgehead atoms. The molecule has 0 spiro atoms. The summed E-state index contributed by atoms with van der Waals surface area (Å²) in [5.41, 5.74) is 4.69. The summed E-state index contributed by atoms with van der Waals surface area (Å²) in [6.45, 7) is 13.8. The molecule has 3 heterocycles. The molecule has 320 valence electrons. The van der Waals surface area contributed by atoms with Crippen molar-refractivity contribution in [2.75, 3.05) is 34.6 Å². The molecular weight excluding hydrogens is 767 g/mol. The normalized spacial score (nSPS) is 31.6. The van der Waals surface area contributed by atoms with Gasteiger partial charge in [-0.05, 0) is 130 Å². The lowest BCUT2D eigenvalue weighted by Crippen LogP contribution is -2.58. The first-order valence-corrected chi connectivity index (χ1v) is 20.9. The Kier molecular flexibility index (Phi) is 11.7. The highest BCUT2D eigenvalue weighted by atomic mass is 16.7. The molecule has 0 aromatic heterocycles. The number of benzene rings is 2. The summed E-state index contributed by atoms with van der Waals surface area (Å²) >= 11 is 0. The van der Waals surface area contributed by atoms with E-state index in [1.54, 1.807) is 14.0 Å². The summed E-state index contributed by atoms with van der Waals surface area (Å²) in [7, 11) is 5.13. The van der Waals surface area contributed by atoms with Gasteiger partial charge in [0.15, 0.2) is 40.2 Å². The quantitative estimate of drug-likeness (QED) is 0.159. The Morgan fingerprint density at radius 2 is 1.65 bits per heavy atom. The molecule has 0 N–H and O–H groups in total. The molecule has 7 aliphatic rings. The molecule has 2 aromatic rings. The lowest BCUT2D eigenvalue weighted by atomic mass is 9.47. The van der Waals surface area contributed by atoms with E-state index in [1.807, 2.05) is 37.4 Å². The van der Waals surface area contributed by atoms with Gasteiger partial charge >= 0.3 is 11.9 Å². The van der Waals surface area contributed by atoms with Gasteiger partial charge in [-0.3, -0.25) is 24.1 Å². The summed E-state index contributed by atoms with van der Waals surface area (Å²) in [6.07, 6.45) is 11.5. The van der Waals surface area contributed by atoms with E-state index in [4.69, 9.17) is 33.2 Å². The molecule has 2 fully saturated rings. The van der Waals surface area contributed by atoms with Gasteiger partial charge in [-0.15, -0.1) is 0 Å². The van der Waals surface area contributed by atoms with Gasteiger partial charge in [-0.25, -0.2) is 4.79 Å². The zero-order chi connectivity index (χ0) is 43.3. The Labute approximate surface area is 352 Å². The van der Waals surface area contributed by atoms with Crippen molar-refractivity contribution in [2.45, 2.75) is 97.3 Å². The van der Waals surface area contributed by atoms with Gasteiger partial charge in [0.25, 0.3) is 0 Å². The fourth-order valence-electron chi connectivity index (χ4n) is 11.9. The molecular formula is C48H57NO11. The first-order chi connectivity index (χ1) is 28.6. The van der Waals surface area contributed by atoms with E-state index in [-0.39, 0.29) is 41.2 Å². The van der Waals surface area contributed by atoms with Crippen LogP contribution in [0.3, 0.4) is 0 Å². The monoisotopic (exact) mass is 823 g/mol. The number of likely N-dealkylation sites (N-methyl/N-ethyl adjacent to an activating group) is 1. The van der Waals surface area contributed by atoms with Gasteiger partial charge in [-0.1, -0.05) is 38.1 Å². The number of ether oxygens (including phenoxy) is 6. The average molecular weight is 824 g/mol. The van der Waals surface area contributed by atoms with E-state index in [0.717, 1.165) is 61.3 Å². The highest BCUT2D eigenvalue weighted by Gasteiger charge is 2.67. The first-order valence-electron chi connectivity index (χ1n) is 20.9. The van der Waals surface area contributed by atoms with Crippen molar-refractivity contribution >= 4 is 29.8 Å². The Hall–Kier alpha value is -5.23. The van der Waals surface area contributed by atoms with Crippen LogP contribution >= 0.6 is 0 Å². The second kappa shape index (κ2) is 16.3. The number of carbonyl (C=O) groups excluding carboxylic acids is 5. The third kappa shape index (κ3) is 6.84. The number of nitrogens with zero attached hydrogens (tertiary/aromatic N) is 1. The maximum Gasteiger partial charge on any atom is 0.343 e. The minimum atomic E-state index is -0.990. The maximum atomic E-state index is 12.8. The average Bonchev–Trinajstić information content (AvgIpc) is 3.91. The first kappa shape index (κ1) is 42.9. The highest BCUT2D eigenvalue weighted by Crippen LogP contribution is 2.68. The number of allylic oxidation sites excluding steroid dienone is 5. The number of fused-ring (bicyclic) bond motifs is 8. The smallest absolute Gasteiger partial charge is 0.343 e. The van der Waals surface area contributed by atoms with Crippen LogP contribution < -0.4 is 18.9 Å². The Balaban J connectivity index is 0.000000167. The fourth-order valence-corrected chi connectivity index (χ4v) is 11.9. The number of rotatable bonds is 6. The second-order valence-corrected chi connectivity index (χ2v) is 17.6. The van der Waals surface area contributed by atoms with E-state index in [1.165, 1.54) is 36.8 Å². The number of aldehydes is 1. The van der Waals surface area contributed by atoms with E-state index < -0.39 is 17.7 Å². The van der Waals surface area contributed by atoms with Gasteiger partial charge in [0.05, 0.1) is 20.3 Å². The molecule has 4 aliphatic carbocycles. The van der Waals surface area contributed by atoms with Gasteiger partial charge in [0, 0.05) is 30.9 Å². The van der Waals surface area contributed by atoms with Crippen LogP contribution in [0.5, 0.6) is 23.0 Å². The molecule has 12 nitrogen and oxygen atoms in total. The van der Waals surface area contributed by atoms with Crippen LogP contribution in [-0.2, 0) is 35.1 Å². The molecule has 0 saturated heterocycles. The minimum Gasteiger partial charge on any atom is -0.493 e. The minimum absolute atomic E-state index is 0.0160. The van der Waals surface area contributed by atoms with Crippen LogP contribution in [0.1, 0.15) is 112 Å². The second-order valence-electron chi connectivity index (χ2n) is 17.6. The van der Waals surface area contributed by atoms with Gasteiger partial charge in [0.1, 0.15) is 18.0 Å². The molecule has 2 aromatic carbocycles. The van der Waals surface area contributed by atoms with Crippen molar-refractivity contribution in [3.8, 4) is 23.0 Å². The molecule has 60 heavy (non-hydrogen) atoms. The Bertz CT molecular complexity index is 2180. The van der Waals surface area contributed by atoms with E-state index >= 15 is 0 Å². The summed E-state index contributed by atoms with van der Waals surface area (Å²) < 4.78 is 33.6. The van der Waals surface area contributed by atoms with Gasteiger partial charge in [-0.2, -0.15) is 0 Å². The van der Waals surface area contributed by atoms with E-state index in [2.05, 4.69) is 38.3 Å². The number of carbonyl (C=O) groups is 5. The van der Waals surface area contributed by atoms with Crippen molar-refractivity contribution in [1.29, 1.82) is 0 Å². The number of Topliss-reactive ketones (excluding diaryl/α,β-unsaturated/α-hetero) is 1. The lowest BCUT2D eigenvalue weighted by Gasteiger charge is -2.58. The maximum absolute atomic E-state index is 12.8. The molecule has 3 aliphatic heterocycles. The Morgan fingerprint density at radius 3 is 2.30 bits per heavy atom. The highest BCUT2D eigenvalue weighted by molar-refractivity contribution is 5.98. The van der Waals surface area contributed by atoms with Crippen molar-refractivity contribution in [3.63, 3.8) is 0 Å². The van der Waals surface area contributed by atoms with Crippen molar-refractivity contribution in [2.24, 2.45) is 28.6 Å². The van der Waals surface area contributed by atoms with Crippen molar-refractivity contribution in [3.05, 3.63) is 82.5 Å². The predicted molar refractivity (Wildman–Crippen MR) is 222 cm³/mol. The van der Waals surface area contributed by atoms with Gasteiger partial charge < -0.3 is 28.4 Å². The summed E-state index contributed by atoms with van der Waals surface area (Å²) in [5, 5.41) is 0. The fraction of sp³-hybridized carbons (Fsp3) is 0.521. The molecule has 0 unspecified atom stereocenters. The van der Waals surface area contributed by atoms with Crippen molar-refractivity contribution in [1.82, 2.24) is 4.90 Å². The topological polar surface area (TPSA) is 144 Å². The van der Waals surface area contributed by atoms with E-state index in [9.17, 15) is 19.2 Å². The molecule has 0 amide bonds. The molecule has 0 radical (unpaired) electrons. The zero-order valence-corrected chi connectivity index (χ0v) is 36.0. The summed E-state index contributed by atoms with van der Waals surface area (Å²) in [5.74, 6) is 3.07. The number of methoxy groups -OCH3 is 2. The third-order valence-corrected chi connectivity index (χ3v) is 14.7. The number of hydrogen-bond donors (Lipinski definition) is 0. The molecule has 2 saturated carbocycles. The summed E-state index contributed by atoms with van der Waals surface area (Å²) in [6, 6.07) is 7.65. The largest absolute Gasteiger partial charge is 0.493 e. The van der Waals surface area contributed by atoms with Crippen LogP contribution in [0.15, 0.2) is 60.2 Å². The number of hydrogen-bond acceptors (Lipinski definition) is 12. The van der Waals surface area contributed by atoms with Crippen LogP contribution in [0.4, 0.5) is 0 Å². The molecule has 9 rings (SSSR count). The predicted octanol–water partition coefficient (Wildman–Crippen LogP) is 7.82. The SMILES string of the molecule is C=CC=O.CC(=O)O[C@]1(C(C)=O)CC[C@H]2[C@@H]3C=C(C)C4=CC(=O)CC[C@]4(C)[C@H]3CC[C@@]21C.COc1ccc2c(c1OC)C(=O)O[C@@H]2[C@H]1c2cc3c(cc2CCN1C)OCO3. The number of cyclic esters (lactones) is 1. The van der Waals surface area contributed by atoms with E-state index in [0.29, 0.717) is 53.9 Å². The summed E-state index contributed by atoms with van der Waals surface area (Å²) in [4.78, 5) is 60.8. The number of esters is 2. The van der Waals surface area contributed by atoms with Crippen LogP contribution in [-0.4, -0.2) is 74.9 Å². The third-order valence-electron chi connectivity index (χ3n) is 14.7.